The number of nitrogen functional groups attached to an aromatic ring is 2. The van der Waals surface area contributed by atoms with Crippen LogP contribution in [0.25, 0.3) is 11.3 Å². The molecule has 102 valence electrons. The Morgan fingerprint density at radius 1 is 1.05 bits per heavy atom. The first kappa shape index (κ1) is 11.7. The molecule has 0 radical (unpaired) electrons. The van der Waals surface area contributed by atoms with Gasteiger partial charge in [0.2, 0.25) is 0 Å². The lowest BCUT2D eigenvalue weighted by Gasteiger charge is -2.37. The van der Waals surface area contributed by atoms with E-state index in [4.69, 9.17) is 11.5 Å². The molecule has 0 amide bonds. The summed E-state index contributed by atoms with van der Waals surface area (Å²) in [5.74, 6) is 0.643. The topological polar surface area (TPSA) is 77.8 Å². The van der Waals surface area contributed by atoms with Crippen molar-refractivity contribution in [1.29, 1.82) is 0 Å². The second kappa shape index (κ2) is 3.95. The van der Waals surface area contributed by atoms with Crippen molar-refractivity contribution >= 4 is 11.5 Å². The van der Waals surface area contributed by atoms with E-state index < -0.39 is 0 Å². The van der Waals surface area contributed by atoms with E-state index in [0.717, 1.165) is 41.8 Å². The molecule has 4 nitrogen and oxygen atoms in total. The van der Waals surface area contributed by atoms with E-state index >= 15 is 0 Å². The van der Waals surface area contributed by atoms with E-state index in [2.05, 4.69) is 16.0 Å². The first-order valence-corrected chi connectivity index (χ1v) is 7.20. The van der Waals surface area contributed by atoms with Gasteiger partial charge in [0.25, 0.3) is 0 Å². The van der Waals surface area contributed by atoms with Gasteiger partial charge in [-0.2, -0.15) is 0 Å². The zero-order valence-electron chi connectivity index (χ0n) is 11.4. The fraction of sp³-hybridized carbons (Fsp3) is 0.375. The van der Waals surface area contributed by atoms with E-state index in [-0.39, 0.29) is 5.41 Å². The minimum atomic E-state index is 0.100. The standard InChI is InChI=1S/C16H18N4/c17-12-5-3-4-10-11(12)8-16(6-1-2-7-16)13-14(10)19-9-20-15(13)18/h3-5,9H,1-2,6-8,17H2,(H2,18,19,20). The number of rotatable bonds is 0. The fourth-order valence-corrected chi connectivity index (χ4v) is 4.06. The monoisotopic (exact) mass is 266 g/mol. The summed E-state index contributed by atoms with van der Waals surface area (Å²) >= 11 is 0. The second-order valence-corrected chi connectivity index (χ2v) is 6.02. The quantitative estimate of drug-likeness (QED) is 0.719. The van der Waals surface area contributed by atoms with E-state index in [9.17, 15) is 0 Å². The third-order valence-electron chi connectivity index (χ3n) is 4.95. The third kappa shape index (κ3) is 1.42. The third-order valence-corrected chi connectivity index (χ3v) is 4.95. The maximum absolute atomic E-state index is 6.21. The van der Waals surface area contributed by atoms with Crippen LogP contribution in [-0.2, 0) is 11.8 Å². The lowest BCUT2D eigenvalue weighted by Crippen LogP contribution is -2.32. The maximum Gasteiger partial charge on any atom is 0.131 e. The molecule has 2 aliphatic carbocycles. The Bertz CT molecular complexity index is 687. The van der Waals surface area contributed by atoms with E-state index in [1.54, 1.807) is 6.33 Å². The largest absolute Gasteiger partial charge is 0.398 e. The van der Waals surface area contributed by atoms with Crippen LogP contribution < -0.4 is 11.5 Å². The summed E-state index contributed by atoms with van der Waals surface area (Å²) in [6.07, 6.45) is 7.34. The lowest BCUT2D eigenvalue weighted by molar-refractivity contribution is 0.433. The Kier molecular flexibility index (Phi) is 2.31. The van der Waals surface area contributed by atoms with E-state index in [0.29, 0.717) is 5.82 Å². The summed E-state index contributed by atoms with van der Waals surface area (Å²) in [7, 11) is 0. The number of fused-ring (bicyclic) bond motifs is 4. The molecular weight excluding hydrogens is 248 g/mol. The highest BCUT2D eigenvalue weighted by Gasteiger charge is 2.43. The molecule has 1 heterocycles. The Labute approximate surface area is 118 Å². The molecule has 0 atom stereocenters. The molecule has 1 spiro atoms. The van der Waals surface area contributed by atoms with Gasteiger partial charge < -0.3 is 11.5 Å². The normalized spacial score (nSPS) is 18.8. The lowest BCUT2D eigenvalue weighted by atomic mass is 9.68. The molecule has 1 aromatic carbocycles. The van der Waals surface area contributed by atoms with Crippen molar-refractivity contribution in [2.24, 2.45) is 0 Å². The van der Waals surface area contributed by atoms with Gasteiger partial charge in [-0.3, -0.25) is 0 Å². The Balaban J connectivity index is 2.06. The van der Waals surface area contributed by atoms with Crippen LogP contribution in [0.1, 0.15) is 36.8 Å². The molecule has 0 aliphatic heterocycles. The smallest absolute Gasteiger partial charge is 0.131 e. The van der Waals surface area contributed by atoms with Crippen molar-refractivity contribution in [2.45, 2.75) is 37.5 Å². The van der Waals surface area contributed by atoms with Gasteiger partial charge in [-0.15, -0.1) is 0 Å². The predicted octanol–water partition coefficient (Wildman–Crippen LogP) is 2.68. The Hall–Kier alpha value is -2.10. The van der Waals surface area contributed by atoms with Crippen molar-refractivity contribution in [3.8, 4) is 11.3 Å². The van der Waals surface area contributed by atoms with Gasteiger partial charge in [0, 0.05) is 22.2 Å². The molecule has 0 unspecified atom stereocenters. The molecule has 2 aliphatic rings. The van der Waals surface area contributed by atoms with Crippen LogP contribution in [-0.4, -0.2) is 9.97 Å². The first-order chi connectivity index (χ1) is 9.71. The van der Waals surface area contributed by atoms with Crippen LogP contribution in [0.15, 0.2) is 24.5 Å². The number of hydrogen-bond acceptors (Lipinski definition) is 4. The SMILES string of the molecule is Nc1cccc2c1CC1(CCCC1)c1c(N)ncnc1-2. The highest BCUT2D eigenvalue weighted by molar-refractivity contribution is 5.79. The number of nitrogens with two attached hydrogens (primary N) is 2. The van der Waals surface area contributed by atoms with Gasteiger partial charge >= 0.3 is 0 Å². The number of anilines is 2. The van der Waals surface area contributed by atoms with Crippen molar-refractivity contribution in [1.82, 2.24) is 9.97 Å². The average Bonchev–Trinajstić information content (AvgIpc) is 2.89. The number of hydrogen-bond donors (Lipinski definition) is 2. The molecule has 20 heavy (non-hydrogen) atoms. The van der Waals surface area contributed by atoms with Gasteiger partial charge in [0.05, 0.1) is 5.69 Å². The van der Waals surface area contributed by atoms with Crippen LogP contribution in [0.2, 0.25) is 0 Å². The zero-order valence-corrected chi connectivity index (χ0v) is 11.4. The highest BCUT2D eigenvalue weighted by Crippen LogP contribution is 2.53. The molecule has 4 N–H and O–H groups in total. The van der Waals surface area contributed by atoms with E-state index in [1.807, 2.05) is 12.1 Å². The van der Waals surface area contributed by atoms with Gasteiger partial charge in [-0.05, 0) is 30.9 Å². The van der Waals surface area contributed by atoms with Crippen LogP contribution in [0.5, 0.6) is 0 Å². The van der Waals surface area contributed by atoms with Gasteiger partial charge in [0.1, 0.15) is 12.1 Å². The van der Waals surface area contributed by atoms with Gasteiger partial charge in [-0.1, -0.05) is 25.0 Å². The van der Waals surface area contributed by atoms with Crippen molar-refractivity contribution < 1.29 is 0 Å². The molecule has 0 bridgehead atoms. The molecule has 1 fully saturated rings. The number of aromatic nitrogens is 2. The summed E-state index contributed by atoms with van der Waals surface area (Å²) < 4.78 is 0. The van der Waals surface area contributed by atoms with Crippen LogP contribution >= 0.6 is 0 Å². The maximum atomic E-state index is 6.21. The van der Waals surface area contributed by atoms with Crippen LogP contribution in [0.3, 0.4) is 0 Å². The summed E-state index contributed by atoms with van der Waals surface area (Å²) in [5, 5.41) is 0. The Morgan fingerprint density at radius 3 is 2.65 bits per heavy atom. The second-order valence-electron chi connectivity index (χ2n) is 6.02. The predicted molar refractivity (Wildman–Crippen MR) is 80.1 cm³/mol. The molecule has 1 saturated carbocycles. The average molecular weight is 266 g/mol. The van der Waals surface area contributed by atoms with Crippen LogP contribution in [0, 0.1) is 0 Å². The number of benzene rings is 1. The summed E-state index contributed by atoms with van der Waals surface area (Å²) in [4.78, 5) is 8.78. The van der Waals surface area contributed by atoms with Crippen molar-refractivity contribution in [3.63, 3.8) is 0 Å². The molecule has 4 heteroatoms. The fourth-order valence-electron chi connectivity index (χ4n) is 4.06. The Morgan fingerprint density at radius 2 is 1.85 bits per heavy atom. The first-order valence-electron chi connectivity index (χ1n) is 7.20. The van der Waals surface area contributed by atoms with Gasteiger partial charge in [0.15, 0.2) is 0 Å². The highest BCUT2D eigenvalue weighted by atomic mass is 14.9. The molecule has 0 saturated heterocycles. The summed E-state index contributed by atoms with van der Waals surface area (Å²) in [6.45, 7) is 0. The van der Waals surface area contributed by atoms with E-state index in [1.165, 1.54) is 18.4 Å². The van der Waals surface area contributed by atoms with Crippen molar-refractivity contribution in [2.75, 3.05) is 11.5 Å². The molecule has 4 rings (SSSR count). The number of nitrogens with zero attached hydrogens (tertiary/aromatic N) is 2. The molecule has 2 aromatic rings. The van der Waals surface area contributed by atoms with Crippen LogP contribution in [0.4, 0.5) is 11.5 Å². The summed E-state index contributed by atoms with van der Waals surface area (Å²) in [5.41, 5.74) is 17.9. The van der Waals surface area contributed by atoms with Crippen molar-refractivity contribution in [3.05, 3.63) is 35.7 Å². The molecular formula is C16H18N4. The zero-order chi connectivity index (χ0) is 13.7. The summed E-state index contributed by atoms with van der Waals surface area (Å²) in [6, 6.07) is 6.07. The molecule has 1 aromatic heterocycles. The minimum absolute atomic E-state index is 0.100. The minimum Gasteiger partial charge on any atom is -0.398 e. The van der Waals surface area contributed by atoms with Gasteiger partial charge in [-0.25, -0.2) is 9.97 Å².